The number of amides is 4. The first kappa shape index (κ1) is 34.4. The van der Waals surface area contributed by atoms with E-state index < -0.39 is 69.4 Å². The van der Waals surface area contributed by atoms with E-state index in [0.717, 1.165) is 15.3 Å². The lowest BCUT2D eigenvalue weighted by Crippen LogP contribution is -2.53. The Bertz CT molecular complexity index is 2510. The number of nitro groups is 1. The molecule has 0 spiro atoms. The average Bonchev–Trinajstić information content (AvgIpc) is 3.57. The number of halogens is 2. The van der Waals surface area contributed by atoms with Crippen molar-refractivity contribution in [3.63, 3.8) is 0 Å². The maximum atomic E-state index is 15.4. The van der Waals surface area contributed by atoms with Crippen molar-refractivity contribution in [3.05, 3.63) is 153 Å². The number of nitrogens with one attached hydrogen (secondary N) is 1. The number of rotatable bonds is 6. The van der Waals surface area contributed by atoms with Gasteiger partial charge in [0.05, 0.1) is 39.5 Å². The molecule has 11 nitrogen and oxygen atoms in total. The summed E-state index contributed by atoms with van der Waals surface area (Å²) in [6.45, 7) is 0. The van der Waals surface area contributed by atoms with Crippen LogP contribution in [0.25, 0.3) is 10.8 Å². The number of allylic oxidation sites excluding steroid dienone is 2. The molecule has 5 aromatic rings. The number of benzene rings is 5. The molecule has 5 aromatic carbocycles. The van der Waals surface area contributed by atoms with Crippen LogP contribution in [-0.2, 0) is 24.6 Å². The molecule has 13 heteroatoms. The standard InChI is InChI=1S/C42H30ClFN4O7/c43-24-8-6-23(7-9-24)42-33(39(51)47(41(42)53)45-26-12-10-25(44)11-13-26)21-32-30(37(42)36-29-4-2-1-3-22(29)5-20-34(36)49)18-19-31-35(32)40(52)46(38(31)50)27-14-16-28(17-15-27)48(54)55/h1-18,20,31-33,35,37,45,49H,19,21H2/t31-,32+,33-,35-,37+,42+/m0/s1. The zero-order valence-electron chi connectivity index (χ0n) is 28.8. The van der Waals surface area contributed by atoms with Crippen LogP contribution in [0.5, 0.6) is 5.75 Å². The Labute approximate surface area is 317 Å². The van der Waals surface area contributed by atoms with Gasteiger partial charge in [-0.3, -0.25) is 39.6 Å². The number of aromatic hydroxyl groups is 1. The smallest absolute Gasteiger partial charge is 0.269 e. The Kier molecular flexibility index (Phi) is 7.87. The first-order valence-corrected chi connectivity index (χ1v) is 18.1. The molecule has 6 atom stereocenters. The van der Waals surface area contributed by atoms with Crippen LogP contribution in [0.4, 0.5) is 21.5 Å². The van der Waals surface area contributed by atoms with Crippen LogP contribution in [-0.4, -0.2) is 38.7 Å². The summed E-state index contributed by atoms with van der Waals surface area (Å²) in [6, 6.07) is 27.7. The van der Waals surface area contributed by atoms with E-state index in [4.69, 9.17) is 11.6 Å². The van der Waals surface area contributed by atoms with Gasteiger partial charge < -0.3 is 5.11 Å². The van der Waals surface area contributed by atoms with Crippen molar-refractivity contribution in [2.24, 2.45) is 23.7 Å². The Hall–Kier alpha value is -6.40. The molecule has 4 amide bonds. The molecule has 3 fully saturated rings. The summed E-state index contributed by atoms with van der Waals surface area (Å²) in [7, 11) is 0. The molecule has 2 aliphatic carbocycles. The fourth-order valence-electron chi connectivity index (χ4n) is 9.53. The summed E-state index contributed by atoms with van der Waals surface area (Å²) in [4.78, 5) is 70.9. The maximum absolute atomic E-state index is 15.4. The Balaban J connectivity index is 1.26. The molecule has 274 valence electrons. The number of carbonyl (C=O) groups is 4. The van der Waals surface area contributed by atoms with Gasteiger partial charge in [-0.2, -0.15) is 5.01 Å². The molecule has 4 aliphatic rings. The van der Waals surface area contributed by atoms with E-state index in [0.29, 0.717) is 27.1 Å². The van der Waals surface area contributed by atoms with Crippen molar-refractivity contribution < 1.29 is 33.6 Å². The molecule has 9 rings (SSSR count). The van der Waals surface area contributed by atoms with Crippen molar-refractivity contribution in [2.75, 3.05) is 10.3 Å². The molecule has 0 radical (unpaired) electrons. The second kappa shape index (κ2) is 12.6. The van der Waals surface area contributed by atoms with Crippen molar-refractivity contribution in [1.82, 2.24) is 5.01 Å². The number of fused-ring (bicyclic) bond motifs is 5. The van der Waals surface area contributed by atoms with Gasteiger partial charge in [-0.25, -0.2) is 4.39 Å². The van der Waals surface area contributed by atoms with Gasteiger partial charge in [0.15, 0.2) is 0 Å². The molecule has 55 heavy (non-hydrogen) atoms. The van der Waals surface area contributed by atoms with Crippen LogP contribution in [0.3, 0.4) is 0 Å². The monoisotopic (exact) mass is 756 g/mol. The fourth-order valence-corrected chi connectivity index (χ4v) is 9.66. The summed E-state index contributed by atoms with van der Waals surface area (Å²) in [5, 5.41) is 26.0. The second-order valence-electron chi connectivity index (χ2n) is 14.4. The van der Waals surface area contributed by atoms with Gasteiger partial charge in [0.2, 0.25) is 11.8 Å². The Morgan fingerprint density at radius 1 is 0.836 bits per heavy atom. The Morgan fingerprint density at radius 3 is 2.25 bits per heavy atom. The highest BCUT2D eigenvalue weighted by molar-refractivity contribution is 6.30. The topological polar surface area (TPSA) is 150 Å². The van der Waals surface area contributed by atoms with Crippen LogP contribution < -0.4 is 10.3 Å². The van der Waals surface area contributed by atoms with E-state index in [2.05, 4.69) is 5.43 Å². The lowest BCUT2D eigenvalue weighted by Gasteiger charge is -2.51. The van der Waals surface area contributed by atoms with Crippen LogP contribution in [0.2, 0.25) is 5.02 Å². The van der Waals surface area contributed by atoms with Crippen LogP contribution in [0.15, 0.2) is 121 Å². The number of imide groups is 2. The molecule has 2 saturated heterocycles. The number of anilines is 2. The van der Waals surface area contributed by atoms with Crippen molar-refractivity contribution in [2.45, 2.75) is 24.2 Å². The van der Waals surface area contributed by atoms with Crippen LogP contribution in [0.1, 0.15) is 29.9 Å². The van der Waals surface area contributed by atoms with E-state index in [-0.39, 0.29) is 35.7 Å². The average molecular weight is 757 g/mol. The quantitative estimate of drug-likeness (QED) is 0.0786. The summed E-state index contributed by atoms with van der Waals surface area (Å²) in [5.74, 6) is -7.42. The molecule has 0 bridgehead atoms. The van der Waals surface area contributed by atoms with Gasteiger partial charge >= 0.3 is 0 Å². The highest BCUT2D eigenvalue weighted by atomic mass is 35.5. The second-order valence-corrected chi connectivity index (χ2v) is 14.8. The lowest BCUT2D eigenvalue weighted by atomic mass is 9.48. The molecular weight excluding hydrogens is 727 g/mol. The van der Waals surface area contributed by atoms with Crippen molar-refractivity contribution >= 4 is 63.1 Å². The first-order chi connectivity index (χ1) is 26.5. The number of phenolic OH excluding ortho intramolecular Hbond substituents is 1. The van der Waals surface area contributed by atoms with E-state index in [1.54, 1.807) is 36.4 Å². The number of phenols is 1. The summed E-state index contributed by atoms with van der Waals surface area (Å²) < 4.78 is 13.9. The molecule has 0 unspecified atom stereocenters. The highest BCUT2D eigenvalue weighted by Gasteiger charge is 2.71. The van der Waals surface area contributed by atoms with E-state index in [1.165, 1.54) is 48.5 Å². The van der Waals surface area contributed by atoms with Gasteiger partial charge in [-0.15, -0.1) is 0 Å². The molecule has 1 saturated carbocycles. The predicted octanol–water partition coefficient (Wildman–Crippen LogP) is 7.44. The van der Waals surface area contributed by atoms with Crippen molar-refractivity contribution in [3.8, 4) is 5.75 Å². The number of hydrogen-bond acceptors (Lipinski definition) is 8. The minimum absolute atomic E-state index is 0.00303. The first-order valence-electron chi connectivity index (χ1n) is 17.7. The third-order valence-electron chi connectivity index (χ3n) is 11.8. The summed E-state index contributed by atoms with van der Waals surface area (Å²) in [5.41, 5.74) is 2.99. The number of hydrazine groups is 1. The van der Waals surface area contributed by atoms with Gasteiger partial charge in [-0.05, 0) is 89.7 Å². The lowest BCUT2D eigenvalue weighted by molar-refractivity contribution is -0.384. The molecule has 0 aromatic heterocycles. The number of hydrogen-bond donors (Lipinski definition) is 2. The van der Waals surface area contributed by atoms with Crippen molar-refractivity contribution in [1.29, 1.82) is 0 Å². The largest absolute Gasteiger partial charge is 0.508 e. The third-order valence-corrected chi connectivity index (χ3v) is 12.1. The minimum atomic E-state index is -1.69. The normalized spacial score (nSPS) is 25.8. The number of non-ortho nitro benzene ring substituents is 1. The predicted molar refractivity (Wildman–Crippen MR) is 200 cm³/mol. The summed E-state index contributed by atoms with van der Waals surface area (Å²) >= 11 is 6.39. The maximum Gasteiger partial charge on any atom is 0.269 e. The Morgan fingerprint density at radius 2 is 1.55 bits per heavy atom. The van der Waals surface area contributed by atoms with Gasteiger partial charge in [0.25, 0.3) is 17.5 Å². The third kappa shape index (κ3) is 5.01. The summed E-state index contributed by atoms with van der Waals surface area (Å²) in [6.07, 6.45) is 2.01. The highest BCUT2D eigenvalue weighted by Crippen LogP contribution is 2.65. The zero-order valence-corrected chi connectivity index (χ0v) is 29.5. The minimum Gasteiger partial charge on any atom is -0.508 e. The fraction of sp³-hybridized carbons (Fsp3) is 0.190. The number of carbonyl (C=O) groups excluding carboxylic acids is 4. The molecule has 2 N–H and O–H groups in total. The zero-order chi connectivity index (χ0) is 38.3. The number of nitrogens with zero attached hydrogens (tertiary/aromatic N) is 3. The SMILES string of the molecule is O=C1[C@@H]2C[C@@H]3C(=CC[C@@H]4C(=O)N(c5ccc([N+](=O)[O-])cc5)C(=O)[C@@H]43)[C@H](c3c(O)ccc4ccccc34)[C@]2(c2ccc(Cl)cc2)C(=O)N1Nc1ccc(F)cc1. The molecule has 2 aliphatic heterocycles. The molecule has 2 heterocycles. The van der Waals surface area contributed by atoms with Gasteiger partial charge in [-0.1, -0.05) is 65.7 Å². The van der Waals surface area contributed by atoms with E-state index in [1.807, 2.05) is 30.3 Å². The van der Waals surface area contributed by atoms with Gasteiger partial charge in [0.1, 0.15) is 11.6 Å². The van der Waals surface area contributed by atoms with E-state index >= 15 is 4.79 Å². The van der Waals surface area contributed by atoms with Gasteiger partial charge in [0, 0.05) is 28.6 Å². The number of nitro benzene ring substituents is 1. The van der Waals surface area contributed by atoms with Crippen LogP contribution in [0, 0.1) is 39.6 Å². The van der Waals surface area contributed by atoms with Crippen LogP contribution >= 0.6 is 11.6 Å². The van der Waals surface area contributed by atoms with E-state index in [9.17, 15) is 34.0 Å². The molecular formula is C42H30ClFN4O7.